The molecular weight excluding hydrogens is 546 g/mol. The lowest BCUT2D eigenvalue weighted by Gasteiger charge is -2.16. The van der Waals surface area contributed by atoms with E-state index in [1.165, 1.54) is 55.8 Å². The summed E-state index contributed by atoms with van der Waals surface area (Å²) >= 11 is 6.14. The Balaban J connectivity index is 1.62. The Bertz CT molecular complexity index is 1440. The van der Waals surface area contributed by atoms with Crippen LogP contribution < -0.4 is 14.8 Å². The van der Waals surface area contributed by atoms with Crippen LogP contribution in [0.15, 0.2) is 65.7 Å². The number of methoxy groups -OCH3 is 1. The fraction of sp³-hybridized carbons (Fsp3) is 0.259. The van der Waals surface area contributed by atoms with Gasteiger partial charge < -0.3 is 14.8 Å². The van der Waals surface area contributed by atoms with Crippen LogP contribution >= 0.6 is 11.6 Å². The number of halogens is 1. The van der Waals surface area contributed by atoms with Gasteiger partial charge in [-0.25, -0.2) is 13.1 Å². The molecule has 1 atom stereocenters. The van der Waals surface area contributed by atoms with Crippen molar-refractivity contribution in [2.24, 2.45) is 0 Å². The number of aromatic nitrogens is 1. The molecule has 39 heavy (non-hydrogen) atoms. The van der Waals surface area contributed by atoms with Crippen LogP contribution in [-0.4, -0.2) is 38.3 Å². The van der Waals surface area contributed by atoms with Crippen molar-refractivity contribution < 1.29 is 32.3 Å². The van der Waals surface area contributed by atoms with Gasteiger partial charge in [0.15, 0.2) is 0 Å². The zero-order valence-corrected chi connectivity index (χ0v) is 23.1. The number of carbonyl (C=O) groups excluding carboxylic acids is 3. The SMILES string of the molecule is CCCC(=O)OCc1ccc(C(=O)NS(=O)(=O)c2ccc(C(C)NC(=O)c3cc(OC)ccc3Cl)cc2)cn1. The average Bonchev–Trinajstić information content (AvgIpc) is 2.92. The molecule has 1 aromatic heterocycles. The largest absolute Gasteiger partial charge is 0.497 e. The van der Waals surface area contributed by atoms with E-state index in [0.717, 1.165) is 0 Å². The minimum Gasteiger partial charge on any atom is -0.497 e. The van der Waals surface area contributed by atoms with Crippen molar-refractivity contribution in [3.8, 4) is 5.75 Å². The van der Waals surface area contributed by atoms with Gasteiger partial charge >= 0.3 is 5.97 Å². The zero-order chi connectivity index (χ0) is 28.6. The Labute approximate surface area is 231 Å². The third kappa shape index (κ3) is 8.01. The number of hydrogen-bond donors (Lipinski definition) is 2. The van der Waals surface area contributed by atoms with Crippen LogP contribution in [0.2, 0.25) is 5.02 Å². The van der Waals surface area contributed by atoms with Gasteiger partial charge in [0.05, 0.1) is 39.9 Å². The molecule has 0 aliphatic rings. The number of nitrogens with one attached hydrogen (secondary N) is 2. The molecule has 1 unspecified atom stereocenters. The van der Waals surface area contributed by atoms with Gasteiger partial charge in [-0.3, -0.25) is 19.4 Å². The average molecular weight is 574 g/mol. The molecule has 3 aromatic rings. The summed E-state index contributed by atoms with van der Waals surface area (Å²) in [5.41, 5.74) is 1.31. The van der Waals surface area contributed by atoms with Gasteiger partial charge in [-0.2, -0.15) is 0 Å². The van der Waals surface area contributed by atoms with Gasteiger partial charge in [0.1, 0.15) is 12.4 Å². The normalized spacial score (nSPS) is 11.8. The number of esters is 1. The van der Waals surface area contributed by atoms with E-state index in [0.29, 0.717) is 29.8 Å². The van der Waals surface area contributed by atoms with Crippen LogP contribution in [0, 0.1) is 0 Å². The van der Waals surface area contributed by atoms with Crippen LogP contribution in [0.4, 0.5) is 0 Å². The van der Waals surface area contributed by atoms with Gasteiger partial charge in [-0.1, -0.05) is 30.7 Å². The highest BCUT2D eigenvalue weighted by Gasteiger charge is 2.20. The van der Waals surface area contributed by atoms with Crippen molar-refractivity contribution in [1.29, 1.82) is 0 Å². The lowest BCUT2D eigenvalue weighted by atomic mass is 10.1. The van der Waals surface area contributed by atoms with Crippen molar-refractivity contribution in [1.82, 2.24) is 15.0 Å². The molecule has 0 radical (unpaired) electrons. The molecule has 0 aliphatic heterocycles. The maximum atomic E-state index is 12.8. The van der Waals surface area contributed by atoms with Crippen LogP contribution in [0.3, 0.4) is 0 Å². The predicted molar refractivity (Wildman–Crippen MR) is 144 cm³/mol. The van der Waals surface area contributed by atoms with Gasteiger partial charge in [0, 0.05) is 12.6 Å². The Hall–Kier alpha value is -3.96. The first-order valence-corrected chi connectivity index (χ1v) is 13.8. The van der Waals surface area contributed by atoms with Crippen LogP contribution in [0.25, 0.3) is 0 Å². The molecular formula is C27H28ClN3O7S. The molecule has 3 rings (SSSR count). The highest BCUT2D eigenvalue weighted by molar-refractivity contribution is 7.90. The van der Waals surface area contributed by atoms with E-state index in [1.54, 1.807) is 19.1 Å². The molecule has 0 saturated carbocycles. The Morgan fingerprint density at radius 1 is 1.03 bits per heavy atom. The van der Waals surface area contributed by atoms with E-state index in [1.807, 2.05) is 11.6 Å². The summed E-state index contributed by atoms with van der Waals surface area (Å²) < 4.78 is 37.7. The summed E-state index contributed by atoms with van der Waals surface area (Å²) in [6.45, 7) is 3.55. The molecule has 12 heteroatoms. The van der Waals surface area contributed by atoms with Crippen molar-refractivity contribution in [3.63, 3.8) is 0 Å². The third-order valence-corrected chi connectivity index (χ3v) is 7.28. The second-order valence-corrected chi connectivity index (χ2v) is 10.6. The molecule has 0 saturated heterocycles. The number of pyridine rings is 1. The van der Waals surface area contributed by atoms with E-state index >= 15 is 0 Å². The number of ether oxygens (including phenoxy) is 2. The maximum absolute atomic E-state index is 12.8. The van der Waals surface area contributed by atoms with Crippen molar-refractivity contribution >= 4 is 39.4 Å². The summed E-state index contributed by atoms with van der Waals surface area (Å²) in [5.74, 6) is -1.16. The molecule has 1 heterocycles. The highest BCUT2D eigenvalue weighted by Crippen LogP contribution is 2.23. The maximum Gasteiger partial charge on any atom is 0.306 e. The number of rotatable bonds is 11. The molecule has 10 nitrogen and oxygen atoms in total. The van der Waals surface area contributed by atoms with Gasteiger partial charge in [0.2, 0.25) is 0 Å². The first-order valence-electron chi connectivity index (χ1n) is 12.0. The third-order valence-electron chi connectivity index (χ3n) is 5.61. The van der Waals surface area contributed by atoms with Crippen molar-refractivity contribution in [2.45, 2.75) is 44.2 Å². The Morgan fingerprint density at radius 2 is 1.74 bits per heavy atom. The summed E-state index contributed by atoms with van der Waals surface area (Å²) in [5, 5.41) is 3.07. The van der Waals surface area contributed by atoms with Gasteiger partial charge in [-0.05, 0) is 61.4 Å². The van der Waals surface area contributed by atoms with Gasteiger partial charge in [0.25, 0.3) is 21.8 Å². The first kappa shape index (κ1) is 29.6. The minimum absolute atomic E-state index is 0.0198. The lowest BCUT2D eigenvalue weighted by Crippen LogP contribution is -2.31. The standard InChI is InChI=1S/C27H28ClN3O7S/c1-4-5-25(32)38-16-20-9-6-19(15-29-20)26(33)31-39(35,36)22-11-7-18(8-12-22)17(2)30-27(34)23-14-21(37-3)10-13-24(23)28/h6-15,17H,4-5,16H2,1-3H3,(H,30,34)(H,31,33). The molecule has 0 fully saturated rings. The van der Waals surface area contributed by atoms with Gasteiger partial charge in [-0.15, -0.1) is 0 Å². The Morgan fingerprint density at radius 3 is 2.36 bits per heavy atom. The fourth-order valence-electron chi connectivity index (χ4n) is 3.41. The number of sulfonamides is 1. The zero-order valence-electron chi connectivity index (χ0n) is 21.6. The number of carbonyl (C=O) groups is 3. The minimum atomic E-state index is -4.18. The summed E-state index contributed by atoms with van der Waals surface area (Å²) in [6, 6.07) is 12.8. The number of benzene rings is 2. The second kappa shape index (κ2) is 13.2. The number of hydrogen-bond acceptors (Lipinski definition) is 8. The molecule has 206 valence electrons. The number of nitrogens with zero attached hydrogens (tertiary/aromatic N) is 1. The topological polar surface area (TPSA) is 141 Å². The van der Waals surface area contributed by atoms with E-state index < -0.39 is 27.9 Å². The molecule has 2 aromatic carbocycles. The molecule has 0 aliphatic carbocycles. The summed E-state index contributed by atoms with van der Waals surface area (Å²) in [6.07, 6.45) is 2.17. The fourth-order valence-corrected chi connectivity index (χ4v) is 4.59. The van der Waals surface area contributed by atoms with E-state index in [-0.39, 0.29) is 33.6 Å². The van der Waals surface area contributed by atoms with Crippen molar-refractivity contribution in [3.05, 3.63) is 88.2 Å². The second-order valence-electron chi connectivity index (χ2n) is 8.49. The highest BCUT2D eigenvalue weighted by atomic mass is 35.5. The molecule has 2 N–H and O–H groups in total. The summed E-state index contributed by atoms with van der Waals surface area (Å²) in [4.78, 5) is 40.6. The van der Waals surface area contributed by atoms with Crippen LogP contribution in [0.5, 0.6) is 5.75 Å². The molecule has 0 spiro atoms. The molecule has 0 bridgehead atoms. The monoisotopic (exact) mass is 573 g/mol. The molecule has 2 amide bonds. The lowest BCUT2D eigenvalue weighted by molar-refractivity contribution is -0.145. The first-order chi connectivity index (χ1) is 18.5. The van der Waals surface area contributed by atoms with E-state index in [9.17, 15) is 22.8 Å². The van der Waals surface area contributed by atoms with Crippen LogP contribution in [-0.2, 0) is 26.2 Å². The number of amides is 2. The Kier molecular flexibility index (Phi) is 10.0. The quantitative estimate of drug-likeness (QED) is 0.325. The smallest absolute Gasteiger partial charge is 0.306 e. The van der Waals surface area contributed by atoms with Crippen molar-refractivity contribution in [2.75, 3.05) is 7.11 Å². The van der Waals surface area contributed by atoms with E-state index in [4.69, 9.17) is 21.1 Å². The van der Waals surface area contributed by atoms with Crippen LogP contribution in [0.1, 0.15) is 64.7 Å². The predicted octanol–water partition coefficient (Wildman–Crippen LogP) is 4.20. The summed E-state index contributed by atoms with van der Waals surface area (Å²) in [7, 11) is -2.70. The van der Waals surface area contributed by atoms with E-state index in [2.05, 4.69) is 10.3 Å².